The van der Waals surface area contributed by atoms with Gasteiger partial charge in [0.1, 0.15) is 5.69 Å². The van der Waals surface area contributed by atoms with Crippen molar-refractivity contribution in [1.29, 1.82) is 0 Å². The fraction of sp³-hybridized carbons (Fsp3) is 0.421. The van der Waals surface area contributed by atoms with Crippen LogP contribution in [0.25, 0.3) is 0 Å². The van der Waals surface area contributed by atoms with Gasteiger partial charge in [0.15, 0.2) is 0 Å². The monoisotopic (exact) mass is 504 g/mol. The molecular formula is C19H25IN2O6. The zero-order chi connectivity index (χ0) is 21.6. The van der Waals surface area contributed by atoms with Gasteiger partial charge in [-0.1, -0.05) is 0 Å². The number of aromatic carboxylic acids is 1. The maximum atomic E-state index is 11.5. The molecule has 0 saturated heterocycles. The Morgan fingerprint density at radius 1 is 0.857 bits per heavy atom. The van der Waals surface area contributed by atoms with Crippen LogP contribution >= 0.6 is 22.6 Å². The summed E-state index contributed by atoms with van der Waals surface area (Å²) in [4.78, 5) is 39.5. The Hall–Kier alpha value is -2.30. The zero-order valence-corrected chi connectivity index (χ0v) is 18.9. The summed E-state index contributed by atoms with van der Waals surface area (Å²) < 4.78 is 10.8. The van der Waals surface area contributed by atoms with Crippen molar-refractivity contribution in [1.82, 2.24) is 9.97 Å². The van der Waals surface area contributed by atoms with Gasteiger partial charge in [0.25, 0.3) is 0 Å². The normalized spacial score (nSPS) is 10.1. The number of aryl methyl sites for hydroxylation is 2. The van der Waals surface area contributed by atoms with Crippen molar-refractivity contribution in [3.05, 3.63) is 43.0 Å². The zero-order valence-electron chi connectivity index (χ0n) is 16.8. The Kier molecular flexibility index (Phi) is 8.73. The summed E-state index contributed by atoms with van der Waals surface area (Å²) in [6.45, 7) is 11.2. The van der Waals surface area contributed by atoms with Crippen molar-refractivity contribution in [2.45, 2.75) is 41.5 Å². The molecule has 0 bridgehead atoms. The molecule has 0 atom stereocenters. The third-order valence-corrected chi connectivity index (χ3v) is 5.07. The van der Waals surface area contributed by atoms with Crippen LogP contribution in [0.15, 0.2) is 0 Å². The van der Waals surface area contributed by atoms with Crippen molar-refractivity contribution in [2.24, 2.45) is 0 Å². The number of esters is 2. The summed E-state index contributed by atoms with van der Waals surface area (Å²) in [5, 5.41) is 8.83. The minimum atomic E-state index is -1.08. The van der Waals surface area contributed by atoms with E-state index in [4.69, 9.17) is 14.6 Å². The van der Waals surface area contributed by atoms with Crippen molar-refractivity contribution >= 4 is 40.5 Å². The number of ether oxygens (including phenoxy) is 2. The number of carbonyl (C=O) groups excluding carboxylic acids is 2. The van der Waals surface area contributed by atoms with Crippen LogP contribution in [0.4, 0.5) is 0 Å². The summed E-state index contributed by atoms with van der Waals surface area (Å²) in [5.74, 6) is -1.81. The van der Waals surface area contributed by atoms with Crippen LogP contribution in [0.5, 0.6) is 0 Å². The minimum Gasteiger partial charge on any atom is -0.477 e. The van der Waals surface area contributed by atoms with Gasteiger partial charge in [0.05, 0.1) is 28.0 Å². The molecule has 0 aromatic carbocycles. The van der Waals surface area contributed by atoms with Gasteiger partial charge in [-0.15, -0.1) is 0 Å². The number of aromatic amines is 2. The van der Waals surface area contributed by atoms with E-state index in [1.54, 1.807) is 27.7 Å². The van der Waals surface area contributed by atoms with E-state index in [1.165, 1.54) is 0 Å². The number of carbonyl (C=O) groups is 3. The molecule has 0 unspecified atom stereocenters. The lowest BCUT2D eigenvalue weighted by Gasteiger charge is -2.01. The summed E-state index contributed by atoms with van der Waals surface area (Å²) in [5.41, 5.74) is 3.80. The van der Waals surface area contributed by atoms with Crippen molar-refractivity contribution in [3.63, 3.8) is 0 Å². The first-order chi connectivity index (χ1) is 13.1. The number of rotatable bonds is 5. The maximum Gasteiger partial charge on any atom is 0.352 e. The van der Waals surface area contributed by atoms with Gasteiger partial charge >= 0.3 is 17.9 Å². The van der Waals surface area contributed by atoms with Gasteiger partial charge in [-0.05, 0) is 75.3 Å². The Morgan fingerprint density at radius 2 is 1.29 bits per heavy atom. The Labute approximate surface area is 177 Å². The topological polar surface area (TPSA) is 121 Å². The molecule has 0 fully saturated rings. The lowest BCUT2D eigenvalue weighted by atomic mass is 10.1. The number of H-pyrrole nitrogens is 2. The first kappa shape index (κ1) is 23.7. The molecule has 9 heteroatoms. The number of carboxylic acids is 1. The molecule has 0 aliphatic heterocycles. The fourth-order valence-corrected chi connectivity index (χ4v) is 3.37. The molecule has 2 rings (SSSR count). The van der Waals surface area contributed by atoms with Crippen LogP contribution in [0.3, 0.4) is 0 Å². The summed E-state index contributed by atoms with van der Waals surface area (Å²) >= 11 is 2.17. The first-order valence-electron chi connectivity index (χ1n) is 8.67. The second kappa shape index (κ2) is 10.3. The van der Waals surface area contributed by atoms with Crippen LogP contribution in [0.2, 0.25) is 0 Å². The molecular weight excluding hydrogens is 479 g/mol. The average molecular weight is 504 g/mol. The predicted molar refractivity (Wildman–Crippen MR) is 112 cm³/mol. The number of hydrogen-bond acceptors (Lipinski definition) is 5. The van der Waals surface area contributed by atoms with Gasteiger partial charge in [-0.3, -0.25) is 0 Å². The molecule has 0 amide bonds. The van der Waals surface area contributed by atoms with Gasteiger partial charge in [-0.2, -0.15) is 0 Å². The summed E-state index contributed by atoms with van der Waals surface area (Å²) in [6, 6.07) is 0. The highest BCUT2D eigenvalue weighted by atomic mass is 127. The van der Waals surface area contributed by atoms with E-state index in [-0.39, 0.29) is 18.3 Å². The van der Waals surface area contributed by atoms with Gasteiger partial charge in [-0.25, -0.2) is 14.4 Å². The first-order valence-corrected chi connectivity index (χ1v) is 9.75. The molecule has 0 aliphatic carbocycles. The van der Waals surface area contributed by atoms with Gasteiger partial charge in [0.2, 0.25) is 0 Å². The van der Waals surface area contributed by atoms with Crippen LogP contribution in [-0.2, 0) is 9.47 Å². The van der Waals surface area contributed by atoms with E-state index >= 15 is 0 Å². The third kappa shape index (κ3) is 5.37. The largest absolute Gasteiger partial charge is 0.477 e. The number of nitrogens with one attached hydrogen (secondary N) is 2. The Bertz CT molecular complexity index is 882. The summed E-state index contributed by atoms with van der Waals surface area (Å²) in [7, 11) is 0. The average Bonchev–Trinajstić information content (AvgIpc) is 3.03. The van der Waals surface area contributed by atoms with E-state index in [2.05, 4.69) is 32.6 Å². The molecule has 3 N–H and O–H groups in total. The maximum absolute atomic E-state index is 11.5. The minimum absolute atomic E-state index is 0.0375. The van der Waals surface area contributed by atoms with Crippen molar-refractivity contribution in [3.8, 4) is 0 Å². The van der Waals surface area contributed by atoms with Crippen molar-refractivity contribution in [2.75, 3.05) is 13.2 Å². The highest BCUT2D eigenvalue weighted by Gasteiger charge is 2.22. The Balaban J connectivity index is 0.000000283. The molecule has 2 aromatic rings. The van der Waals surface area contributed by atoms with Crippen LogP contribution in [-0.4, -0.2) is 46.2 Å². The lowest BCUT2D eigenvalue weighted by Crippen LogP contribution is -2.07. The van der Waals surface area contributed by atoms with E-state index in [0.29, 0.717) is 29.0 Å². The fourth-order valence-electron chi connectivity index (χ4n) is 2.69. The highest BCUT2D eigenvalue weighted by molar-refractivity contribution is 14.1. The smallest absolute Gasteiger partial charge is 0.352 e. The second-order valence-corrected chi connectivity index (χ2v) is 7.01. The van der Waals surface area contributed by atoms with Crippen LogP contribution < -0.4 is 0 Å². The number of carboxylic acid groups (broad SMARTS) is 1. The van der Waals surface area contributed by atoms with E-state index < -0.39 is 11.9 Å². The molecule has 0 radical (unpaired) electrons. The van der Waals surface area contributed by atoms with Gasteiger partial charge < -0.3 is 24.5 Å². The molecule has 0 saturated carbocycles. The van der Waals surface area contributed by atoms with E-state index in [9.17, 15) is 14.4 Å². The molecule has 154 valence electrons. The molecule has 2 heterocycles. The SMILES string of the molecule is CCOC(=O)c1c(C)[nH]c(C(=O)O)c1C.CCOC(=O)c1c(C)[nH]c(I)c1C. The predicted octanol–water partition coefficient (Wildman–Crippen LogP) is 3.92. The number of hydrogen-bond donors (Lipinski definition) is 3. The van der Waals surface area contributed by atoms with Crippen molar-refractivity contribution < 1.29 is 29.0 Å². The summed E-state index contributed by atoms with van der Waals surface area (Å²) in [6.07, 6.45) is 0. The molecule has 8 nitrogen and oxygen atoms in total. The highest BCUT2D eigenvalue weighted by Crippen LogP contribution is 2.20. The second-order valence-electron chi connectivity index (χ2n) is 5.94. The molecule has 28 heavy (non-hydrogen) atoms. The number of halogens is 1. The molecule has 0 aliphatic rings. The Morgan fingerprint density at radius 3 is 1.61 bits per heavy atom. The van der Waals surface area contributed by atoms with Gasteiger partial charge in [0, 0.05) is 11.4 Å². The van der Waals surface area contributed by atoms with Crippen LogP contribution in [0, 0.1) is 31.4 Å². The standard InChI is InChI=1S/C10H13NO4.C9H12INO2/c1-4-15-10(14)7-5(2)8(9(12)13)11-6(7)3;1-4-13-9(12)7-5(2)8(10)11-6(7)3/h11H,4H2,1-3H3,(H,12,13);11H,4H2,1-3H3. The number of aromatic nitrogens is 2. The third-order valence-electron chi connectivity index (χ3n) is 3.99. The lowest BCUT2D eigenvalue weighted by molar-refractivity contribution is 0.0515. The molecule has 0 spiro atoms. The van der Waals surface area contributed by atoms with E-state index in [0.717, 1.165) is 15.0 Å². The quantitative estimate of drug-likeness (QED) is 0.419. The van der Waals surface area contributed by atoms with Crippen LogP contribution in [0.1, 0.15) is 67.6 Å². The molecule has 2 aromatic heterocycles. The van der Waals surface area contributed by atoms with E-state index in [1.807, 2.05) is 13.8 Å².